The molecule has 1 aromatic heterocycles. The van der Waals surface area contributed by atoms with Crippen molar-refractivity contribution in [1.29, 1.82) is 0 Å². The Morgan fingerprint density at radius 3 is 3.00 bits per heavy atom. The van der Waals surface area contributed by atoms with Crippen molar-refractivity contribution in [3.8, 4) is 0 Å². The van der Waals surface area contributed by atoms with E-state index in [-0.39, 0.29) is 24.4 Å². The number of carbonyl (C=O) groups is 2. The van der Waals surface area contributed by atoms with Crippen molar-refractivity contribution in [3.05, 3.63) is 41.0 Å². The number of aromatic nitrogens is 1. The van der Waals surface area contributed by atoms with Gasteiger partial charge >= 0.3 is 5.97 Å². The van der Waals surface area contributed by atoms with Crippen LogP contribution in [-0.4, -0.2) is 23.4 Å². The van der Waals surface area contributed by atoms with Gasteiger partial charge in [0.2, 0.25) is 5.91 Å². The number of esters is 1. The number of benzene rings is 1. The Labute approximate surface area is 132 Å². The number of rotatable bonds is 3. The summed E-state index contributed by atoms with van der Waals surface area (Å²) in [5, 5.41) is 3.95. The summed E-state index contributed by atoms with van der Waals surface area (Å²) in [4.78, 5) is 27.4. The number of para-hydroxylation sites is 1. The van der Waals surface area contributed by atoms with Crippen LogP contribution in [0, 0.1) is 5.92 Å². The second-order valence-electron chi connectivity index (χ2n) is 5.28. The van der Waals surface area contributed by atoms with E-state index < -0.39 is 0 Å². The van der Waals surface area contributed by atoms with Crippen molar-refractivity contribution >= 4 is 34.4 Å². The lowest BCUT2D eigenvalue weighted by Gasteiger charge is -2.20. The number of amides is 1. The first kappa shape index (κ1) is 14.8. The zero-order chi connectivity index (χ0) is 15.5. The van der Waals surface area contributed by atoms with Crippen LogP contribution in [-0.2, 0) is 20.9 Å². The smallest absolute Gasteiger partial charge is 0.311 e. The van der Waals surface area contributed by atoms with Gasteiger partial charge in [-0.3, -0.25) is 9.59 Å². The number of carbonyl (C=O) groups excluding carboxylic acids is 2. The molecule has 0 radical (unpaired) electrons. The third-order valence-corrected chi connectivity index (χ3v) is 4.05. The molecule has 5 nitrogen and oxygen atoms in total. The third kappa shape index (κ3) is 3.20. The quantitative estimate of drug-likeness (QED) is 0.697. The lowest BCUT2D eigenvalue weighted by Crippen LogP contribution is -2.39. The molecule has 114 valence electrons. The van der Waals surface area contributed by atoms with E-state index in [2.05, 4.69) is 10.3 Å². The van der Waals surface area contributed by atoms with E-state index in [9.17, 15) is 9.59 Å². The molecule has 0 aliphatic carbocycles. The van der Waals surface area contributed by atoms with Crippen LogP contribution in [0.4, 0.5) is 0 Å². The summed E-state index contributed by atoms with van der Waals surface area (Å²) in [6.07, 6.45) is 0.881. The Morgan fingerprint density at radius 2 is 2.23 bits per heavy atom. The second kappa shape index (κ2) is 6.32. The zero-order valence-corrected chi connectivity index (χ0v) is 12.6. The number of ether oxygens (including phenoxy) is 1. The Kier molecular flexibility index (Phi) is 4.24. The maximum atomic E-state index is 12.0. The summed E-state index contributed by atoms with van der Waals surface area (Å²) in [6.45, 7) is 0.418. The maximum absolute atomic E-state index is 12.0. The van der Waals surface area contributed by atoms with Crippen LogP contribution in [0.5, 0.6) is 0 Å². The average Bonchev–Trinajstić information content (AvgIpc) is 2.53. The van der Waals surface area contributed by atoms with Crippen molar-refractivity contribution in [2.45, 2.75) is 19.4 Å². The lowest BCUT2D eigenvalue weighted by molar-refractivity contribution is -0.151. The van der Waals surface area contributed by atoms with Crippen LogP contribution >= 0.6 is 11.6 Å². The molecule has 0 unspecified atom stereocenters. The molecular formula is C16H15ClN2O3. The van der Waals surface area contributed by atoms with Crippen LogP contribution in [0.3, 0.4) is 0 Å². The van der Waals surface area contributed by atoms with E-state index in [1.54, 1.807) is 0 Å². The van der Waals surface area contributed by atoms with E-state index >= 15 is 0 Å². The molecule has 1 N–H and O–H groups in total. The largest absolute Gasteiger partial charge is 0.460 e. The molecule has 2 aromatic rings. The summed E-state index contributed by atoms with van der Waals surface area (Å²) in [5.41, 5.74) is 1.48. The van der Waals surface area contributed by atoms with Gasteiger partial charge in [-0.2, -0.15) is 0 Å². The molecule has 1 amide bonds. The molecule has 0 saturated carbocycles. The summed E-state index contributed by atoms with van der Waals surface area (Å²) in [7, 11) is 0. The van der Waals surface area contributed by atoms with Crippen molar-refractivity contribution in [3.63, 3.8) is 0 Å². The van der Waals surface area contributed by atoms with Gasteiger partial charge < -0.3 is 10.1 Å². The highest BCUT2D eigenvalue weighted by atomic mass is 35.5. The molecule has 0 spiro atoms. The van der Waals surface area contributed by atoms with E-state index in [0.29, 0.717) is 30.1 Å². The normalized spacial score (nSPS) is 18.0. The molecule has 1 atom stereocenters. The van der Waals surface area contributed by atoms with Gasteiger partial charge in [-0.25, -0.2) is 4.98 Å². The number of nitrogens with zero attached hydrogens (tertiary/aromatic N) is 1. The Morgan fingerprint density at radius 1 is 1.41 bits per heavy atom. The lowest BCUT2D eigenvalue weighted by atomic mass is 9.99. The number of halogens is 1. The molecule has 1 saturated heterocycles. The number of fused-ring (bicyclic) bond motifs is 1. The number of piperidine rings is 1. The zero-order valence-electron chi connectivity index (χ0n) is 11.8. The molecule has 1 aliphatic heterocycles. The van der Waals surface area contributed by atoms with Crippen molar-refractivity contribution in [2.75, 3.05) is 6.54 Å². The maximum Gasteiger partial charge on any atom is 0.311 e. The minimum atomic E-state index is -0.316. The number of hydrogen-bond donors (Lipinski definition) is 1. The summed E-state index contributed by atoms with van der Waals surface area (Å²) in [6, 6.07) is 9.49. The molecule has 0 bridgehead atoms. The molecular weight excluding hydrogens is 304 g/mol. The van der Waals surface area contributed by atoms with Gasteiger partial charge in [-0.15, -0.1) is 0 Å². The van der Waals surface area contributed by atoms with Gasteiger partial charge in [0.15, 0.2) is 0 Å². The van der Waals surface area contributed by atoms with Crippen LogP contribution in [0.2, 0.25) is 5.15 Å². The van der Waals surface area contributed by atoms with Gasteiger partial charge in [0, 0.05) is 23.9 Å². The van der Waals surface area contributed by atoms with E-state index in [1.807, 2.05) is 30.3 Å². The summed E-state index contributed by atoms with van der Waals surface area (Å²) >= 11 is 6.13. The first-order chi connectivity index (χ1) is 10.6. The molecule has 1 fully saturated rings. The number of hydrogen-bond acceptors (Lipinski definition) is 4. The van der Waals surface area contributed by atoms with Crippen molar-refractivity contribution in [2.24, 2.45) is 5.92 Å². The predicted molar refractivity (Wildman–Crippen MR) is 82.3 cm³/mol. The highest BCUT2D eigenvalue weighted by Crippen LogP contribution is 2.22. The SMILES string of the molecule is O=C1CC[C@@H](C(=O)OCc2cc3ccccc3nc2Cl)CN1. The van der Waals surface area contributed by atoms with Gasteiger partial charge in [-0.1, -0.05) is 29.8 Å². The number of pyridine rings is 1. The predicted octanol–water partition coefficient (Wildman–Crippen LogP) is 2.46. The molecule has 3 rings (SSSR count). The van der Waals surface area contributed by atoms with E-state index in [0.717, 1.165) is 10.9 Å². The monoisotopic (exact) mass is 318 g/mol. The molecule has 1 aliphatic rings. The fourth-order valence-corrected chi connectivity index (χ4v) is 2.64. The van der Waals surface area contributed by atoms with Crippen molar-refractivity contribution < 1.29 is 14.3 Å². The average molecular weight is 319 g/mol. The van der Waals surface area contributed by atoms with Gasteiger partial charge in [-0.05, 0) is 18.6 Å². The van der Waals surface area contributed by atoms with Crippen LogP contribution in [0.1, 0.15) is 18.4 Å². The van der Waals surface area contributed by atoms with Gasteiger partial charge in [0.1, 0.15) is 11.8 Å². The molecule has 22 heavy (non-hydrogen) atoms. The first-order valence-corrected chi connectivity index (χ1v) is 7.49. The fraction of sp³-hybridized carbons (Fsp3) is 0.312. The van der Waals surface area contributed by atoms with Crippen molar-refractivity contribution in [1.82, 2.24) is 10.3 Å². The molecule has 6 heteroatoms. The first-order valence-electron chi connectivity index (χ1n) is 7.11. The third-order valence-electron chi connectivity index (χ3n) is 3.72. The highest BCUT2D eigenvalue weighted by molar-refractivity contribution is 6.30. The van der Waals surface area contributed by atoms with Crippen LogP contribution in [0.15, 0.2) is 30.3 Å². The minimum Gasteiger partial charge on any atom is -0.460 e. The highest BCUT2D eigenvalue weighted by Gasteiger charge is 2.25. The van der Waals surface area contributed by atoms with Gasteiger partial charge in [0.05, 0.1) is 11.4 Å². The fourth-order valence-electron chi connectivity index (χ4n) is 2.44. The number of nitrogens with one attached hydrogen (secondary N) is 1. The molecule has 2 heterocycles. The standard InChI is InChI=1S/C16H15ClN2O3/c17-15-12(7-10-3-1-2-4-13(10)19-15)9-22-16(21)11-5-6-14(20)18-8-11/h1-4,7,11H,5-6,8-9H2,(H,18,20)/t11-/m1/s1. The summed E-state index contributed by atoms with van der Waals surface area (Å²) < 4.78 is 5.32. The van der Waals surface area contributed by atoms with Crippen LogP contribution < -0.4 is 5.32 Å². The minimum absolute atomic E-state index is 0.0224. The topological polar surface area (TPSA) is 68.3 Å². The van der Waals surface area contributed by atoms with Gasteiger partial charge in [0.25, 0.3) is 0 Å². The van der Waals surface area contributed by atoms with E-state index in [4.69, 9.17) is 16.3 Å². The second-order valence-corrected chi connectivity index (χ2v) is 5.64. The Bertz CT molecular complexity index is 722. The summed E-state index contributed by atoms with van der Waals surface area (Å²) in [5.74, 6) is -0.625. The Hall–Kier alpha value is -2.14. The molecule has 1 aromatic carbocycles. The van der Waals surface area contributed by atoms with E-state index in [1.165, 1.54) is 0 Å². The van der Waals surface area contributed by atoms with Crippen LogP contribution in [0.25, 0.3) is 10.9 Å². The Balaban J connectivity index is 1.67.